The molecule has 0 bridgehead atoms. The van der Waals surface area contributed by atoms with E-state index in [-0.39, 0.29) is 0 Å². The van der Waals surface area contributed by atoms with Crippen LogP contribution in [0.2, 0.25) is 0 Å². The van der Waals surface area contributed by atoms with E-state index in [1.54, 1.807) is 6.08 Å². The van der Waals surface area contributed by atoms with Gasteiger partial charge in [0.05, 0.1) is 0 Å². The van der Waals surface area contributed by atoms with Crippen LogP contribution in [0.3, 0.4) is 0 Å². The smallest absolute Gasteiger partial charge is 0.00991 e. The zero-order chi connectivity index (χ0) is 33.2. The lowest BCUT2D eigenvalue weighted by Gasteiger charge is -2.22. The number of allylic oxidation sites excluding steroid dienone is 23. The molecule has 45 heavy (non-hydrogen) atoms. The van der Waals surface area contributed by atoms with Gasteiger partial charge < -0.3 is 0 Å². The van der Waals surface area contributed by atoms with Gasteiger partial charge in [-0.15, -0.1) is 0 Å². The summed E-state index contributed by atoms with van der Waals surface area (Å²) < 4.78 is 0. The van der Waals surface area contributed by atoms with Crippen molar-refractivity contribution in [1.82, 2.24) is 0 Å². The molecule has 0 heterocycles. The molecule has 0 aliphatic heterocycles. The third-order valence-corrected chi connectivity index (χ3v) is 7.42. The fourth-order valence-corrected chi connectivity index (χ4v) is 5.40. The Hall–Kier alpha value is -5.20. The minimum absolute atomic E-state index is 0.949. The molecular formula is C45H48. The molecule has 0 spiro atoms. The molecular weight excluding hydrogens is 540 g/mol. The van der Waals surface area contributed by atoms with Crippen LogP contribution in [-0.2, 0) is 0 Å². The van der Waals surface area contributed by atoms with Gasteiger partial charge in [-0.05, 0) is 101 Å². The summed E-state index contributed by atoms with van der Waals surface area (Å²) in [5.41, 5.74) is 12.7. The number of benzene rings is 2. The van der Waals surface area contributed by atoms with Gasteiger partial charge in [-0.1, -0.05) is 173 Å². The molecule has 0 N–H and O–H groups in total. The van der Waals surface area contributed by atoms with Crippen molar-refractivity contribution in [2.24, 2.45) is 0 Å². The maximum absolute atomic E-state index is 4.39. The molecule has 0 amide bonds. The topological polar surface area (TPSA) is 0 Å². The molecule has 0 nitrogen and oxygen atoms in total. The molecule has 2 aromatic carbocycles. The summed E-state index contributed by atoms with van der Waals surface area (Å²) in [7, 11) is 0. The number of rotatable bonds is 15. The first-order valence-electron chi connectivity index (χ1n) is 15.4. The molecule has 0 aromatic heterocycles. The van der Waals surface area contributed by atoms with E-state index in [0.29, 0.717) is 0 Å². The van der Waals surface area contributed by atoms with Gasteiger partial charge in [0.1, 0.15) is 0 Å². The lowest BCUT2D eigenvalue weighted by Crippen LogP contribution is -2.03. The van der Waals surface area contributed by atoms with E-state index in [4.69, 9.17) is 0 Å². The molecule has 0 aliphatic rings. The standard InChI is InChI=1S/C45H48/c1-11-20-22-28-34(10)41-30-23-24-32-44(41)45-33-26-25-31-43(45)40(19-9)42(27-13-3)39(18-8)38(17-7)37(16-6)36(15-5)35(14-4)29-21-12-2/h11-33H,2-3,7-8,10H2,1,4-6,9H3/b20-11-,28-22-,29-21-,35-14+,36-15-,37-16+,39-38+,40-19+,42-27-. The van der Waals surface area contributed by atoms with E-state index >= 15 is 0 Å². The molecule has 0 fully saturated rings. The van der Waals surface area contributed by atoms with Crippen LogP contribution in [0.4, 0.5) is 0 Å². The maximum atomic E-state index is 4.39. The zero-order valence-electron chi connectivity index (χ0n) is 27.8. The number of hydrogen-bond acceptors (Lipinski definition) is 0. The minimum Gasteiger partial charge on any atom is -0.0991 e. The average molecular weight is 589 g/mol. The second-order valence-corrected chi connectivity index (χ2v) is 10.00. The van der Waals surface area contributed by atoms with E-state index in [1.165, 1.54) is 0 Å². The van der Waals surface area contributed by atoms with E-state index < -0.39 is 0 Å². The van der Waals surface area contributed by atoms with Crippen molar-refractivity contribution < 1.29 is 0 Å². The van der Waals surface area contributed by atoms with Crippen LogP contribution < -0.4 is 0 Å². The Balaban J connectivity index is 2.92. The van der Waals surface area contributed by atoms with E-state index in [9.17, 15) is 0 Å². The van der Waals surface area contributed by atoms with Gasteiger partial charge in [0, 0.05) is 0 Å². The first-order chi connectivity index (χ1) is 21.9. The summed E-state index contributed by atoms with van der Waals surface area (Å²) in [6.45, 7) is 31.2. The highest BCUT2D eigenvalue weighted by Crippen LogP contribution is 2.41. The van der Waals surface area contributed by atoms with Crippen LogP contribution in [-0.4, -0.2) is 0 Å². The van der Waals surface area contributed by atoms with Crippen molar-refractivity contribution in [3.63, 3.8) is 0 Å². The molecule has 0 heteroatoms. The van der Waals surface area contributed by atoms with Crippen molar-refractivity contribution >= 4 is 11.1 Å². The SMILES string of the molecule is C=C\C=C/C(=C\C)C(=C/C)/C(=C\C)C(/C=C)=C(C=C)/C(=C/C=C)C(=C\C)/c1ccccc1-c1ccccc1C(=C)/C=C\C=C/C. The fraction of sp³-hybridized carbons (Fsp3) is 0.111. The van der Waals surface area contributed by atoms with Crippen LogP contribution in [0.25, 0.3) is 22.3 Å². The van der Waals surface area contributed by atoms with Crippen molar-refractivity contribution in [1.29, 1.82) is 0 Å². The summed E-state index contributed by atoms with van der Waals surface area (Å²) in [6, 6.07) is 17.0. The van der Waals surface area contributed by atoms with Crippen molar-refractivity contribution in [2.75, 3.05) is 0 Å². The van der Waals surface area contributed by atoms with Crippen molar-refractivity contribution in [2.45, 2.75) is 34.6 Å². The average Bonchev–Trinajstić information content (AvgIpc) is 3.07. The Morgan fingerprint density at radius 1 is 0.556 bits per heavy atom. The van der Waals surface area contributed by atoms with Crippen LogP contribution in [0.5, 0.6) is 0 Å². The van der Waals surface area contributed by atoms with Crippen molar-refractivity contribution in [3.8, 4) is 11.1 Å². The van der Waals surface area contributed by atoms with Gasteiger partial charge in [-0.25, -0.2) is 0 Å². The van der Waals surface area contributed by atoms with Crippen LogP contribution in [0.1, 0.15) is 45.7 Å². The first-order valence-corrected chi connectivity index (χ1v) is 15.4. The Kier molecular flexibility index (Phi) is 15.3. The summed E-state index contributed by atoms with van der Waals surface area (Å²) in [4.78, 5) is 0. The van der Waals surface area contributed by atoms with E-state index in [2.05, 4.69) is 145 Å². The molecule has 0 radical (unpaired) electrons. The molecule has 228 valence electrons. The van der Waals surface area contributed by atoms with E-state index in [0.717, 1.165) is 66.8 Å². The second kappa shape index (κ2) is 19.2. The zero-order valence-corrected chi connectivity index (χ0v) is 27.8. The third kappa shape index (κ3) is 8.91. The van der Waals surface area contributed by atoms with Crippen LogP contribution in [0.15, 0.2) is 206 Å². The molecule has 0 unspecified atom stereocenters. The summed E-state index contributed by atoms with van der Waals surface area (Å²) in [6.07, 6.45) is 30.2. The van der Waals surface area contributed by atoms with Gasteiger partial charge in [0.2, 0.25) is 0 Å². The molecule has 0 saturated heterocycles. The van der Waals surface area contributed by atoms with Gasteiger partial charge in [-0.3, -0.25) is 0 Å². The minimum atomic E-state index is 0.949. The highest BCUT2D eigenvalue weighted by Gasteiger charge is 2.20. The van der Waals surface area contributed by atoms with Gasteiger partial charge in [-0.2, -0.15) is 0 Å². The second-order valence-electron chi connectivity index (χ2n) is 10.00. The molecule has 2 aromatic rings. The highest BCUT2D eigenvalue weighted by molar-refractivity contribution is 5.95. The highest BCUT2D eigenvalue weighted by atomic mass is 14.2. The quantitative estimate of drug-likeness (QED) is 0.182. The van der Waals surface area contributed by atoms with Gasteiger partial charge >= 0.3 is 0 Å². The van der Waals surface area contributed by atoms with Crippen LogP contribution >= 0.6 is 0 Å². The first kappa shape index (κ1) is 36.0. The maximum Gasteiger partial charge on any atom is -0.00991 e. The van der Waals surface area contributed by atoms with Gasteiger partial charge in [0.25, 0.3) is 0 Å². The molecule has 0 atom stereocenters. The Bertz CT molecular complexity index is 1690. The molecule has 0 aliphatic carbocycles. The lowest BCUT2D eigenvalue weighted by atomic mass is 9.81. The van der Waals surface area contributed by atoms with Gasteiger partial charge in [0.15, 0.2) is 0 Å². The molecule has 0 saturated carbocycles. The number of hydrogen-bond donors (Lipinski definition) is 0. The largest absolute Gasteiger partial charge is 0.0991 e. The Morgan fingerprint density at radius 3 is 1.64 bits per heavy atom. The fourth-order valence-electron chi connectivity index (χ4n) is 5.40. The lowest BCUT2D eigenvalue weighted by molar-refractivity contribution is 1.32. The predicted octanol–water partition coefficient (Wildman–Crippen LogP) is 13.3. The normalized spacial score (nSPS) is 14.2. The summed E-state index contributed by atoms with van der Waals surface area (Å²) in [5.74, 6) is 0. The monoisotopic (exact) mass is 588 g/mol. The summed E-state index contributed by atoms with van der Waals surface area (Å²) >= 11 is 0. The van der Waals surface area contributed by atoms with E-state index in [1.807, 2.05) is 56.4 Å². The molecule has 2 rings (SSSR count). The third-order valence-electron chi connectivity index (χ3n) is 7.42. The predicted molar refractivity (Wildman–Crippen MR) is 205 cm³/mol. The summed E-state index contributed by atoms with van der Waals surface area (Å²) in [5, 5.41) is 0. The van der Waals surface area contributed by atoms with Crippen molar-refractivity contribution in [3.05, 3.63) is 217 Å². The Labute approximate surface area is 273 Å². The van der Waals surface area contributed by atoms with Crippen LogP contribution in [0, 0.1) is 0 Å². The Morgan fingerprint density at radius 2 is 1.13 bits per heavy atom.